The van der Waals surface area contributed by atoms with Crippen molar-refractivity contribution in [1.82, 2.24) is 9.97 Å². The van der Waals surface area contributed by atoms with Gasteiger partial charge in [-0.3, -0.25) is 9.78 Å². The Hall–Kier alpha value is -2.82. The topological polar surface area (TPSA) is 81.0 Å². The maximum Gasteiger partial charge on any atom is 0.291 e. The third kappa shape index (κ3) is 1.89. The lowest BCUT2D eigenvalue weighted by Crippen LogP contribution is -2.11. The number of nitrogen functional groups attached to an aromatic ring is 1. The van der Waals surface area contributed by atoms with E-state index in [0.29, 0.717) is 22.5 Å². The summed E-state index contributed by atoms with van der Waals surface area (Å²) < 4.78 is 5.25. The number of nitrogens with zero attached hydrogens (tertiary/aromatic N) is 1. The number of aromatic nitrogens is 2. The highest BCUT2D eigenvalue weighted by atomic mass is 16.5. The highest BCUT2D eigenvalue weighted by molar-refractivity contribution is 5.97. The Balaban J connectivity index is 2.48. The van der Waals surface area contributed by atoms with E-state index in [-0.39, 0.29) is 11.3 Å². The van der Waals surface area contributed by atoms with Gasteiger partial charge in [0.1, 0.15) is 0 Å². The molecule has 5 nitrogen and oxygen atoms in total. The summed E-state index contributed by atoms with van der Waals surface area (Å²) in [7, 11) is 1.47. The van der Waals surface area contributed by atoms with Crippen LogP contribution in [0.2, 0.25) is 0 Å². The lowest BCUT2D eigenvalue weighted by Gasteiger charge is -2.11. The molecule has 0 spiro atoms. The zero-order valence-electron chi connectivity index (χ0n) is 10.9. The van der Waals surface area contributed by atoms with Gasteiger partial charge in [-0.25, -0.2) is 0 Å². The Kier molecular flexibility index (Phi) is 2.87. The summed E-state index contributed by atoms with van der Waals surface area (Å²) in [5, 5.41) is 0.806. The molecule has 0 aliphatic rings. The first-order valence-corrected chi connectivity index (χ1v) is 6.11. The molecule has 2 aromatic heterocycles. The molecule has 20 heavy (non-hydrogen) atoms. The number of hydrogen-bond acceptors (Lipinski definition) is 4. The van der Waals surface area contributed by atoms with E-state index in [9.17, 15) is 4.79 Å². The predicted molar refractivity (Wildman–Crippen MR) is 78.8 cm³/mol. The number of rotatable bonds is 2. The van der Waals surface area contributed by atoms with Gasteiger partial charge in [-0.15, -0.1) is 0 Å². The molecule has 0 fully saturated rings. The SMILES string of the molecule is COc1c(-c2ccccn2)c2cc(N)ccc2[nH]c1=O. The van der Waals surface area contributed by atoms with Crippen molar-refractivity contribution in [3.63, 3.8) is 0 Å². The maximum atomic E-state index is 12.1. The van der Waals surface area contributed by atoms with Gasteiger partial charge < -0.3 is 15.5 Å². The Morgan fingerprint density at radius 1 is 1.25 bits per heavy atom. The van der Waals surface area contributed by atoms with Crippen LogP contribution in [0.4, 0.5) is 5.69 Å². The lowest BCUT2D eigenvalue weighted by atomic mass is 10.0. The van der Waals surface area contributed by atoms with Crippen LogP contribution >= 0.6 is 0 Å². The number of anilines is 1. The Morgan fingerprint density at radius 3 is 2.80 bits per heavy atom. The first-order chi connectivity index (χ1) is 9.70. The van der Waals surface area contributed by atoms with Crippen LogP contribution in [-0.4, -0.2) is 17.1 Å². The second-order valence-corrected chi connectivity index (χ2v) is 4.38. The summed E-state index contributed by atoms with van der Waals surface area (Å²) in [6.07, 6.45) is 1.67. The van der Waals surface area contributed by atoms with Crippen LogP contribution in [0.5, 0.6) is 5.75 Å². The average Bonchev–Trinajstić information content (AvgIpc) is 2.47. The van der Waals surface area contributed by atoms with Crippen molar-refractivity contribution in [1.29, 1.82) is 0 Å². The number of fused-ring (bicyclic) bond motifs is 1. The molecule has 0 aliphatic heterocycles. The largest absolute Gasteiger partial charge is 0.491 e. The number of ether oxygens (including phenoxy) is 1. The molecule has 3 aromatic rings. The molecule has 0 unspecified atom stereocenters. The Bertz CT molecular complexity index is 826. The number of aromatic amines is 1. The van der Waals surface area contributed by atoms with E-state index < -0.39 is 0 Å². The molecule has 0 atom stereocenters. The van der Waals surface area contributed by atoms with Gasteiger partial charge in [-0.2, -0.15) is 0 Å². The fourth-order valence-electron chi connectivity index (χ4n) is 2.25. The molecule has 0 amide bonds. The van der Waals surface area contributed by atoms with Crippen LogP contribution in [0.25, 0.3) is 22.2 Å². The smallest absolute Gasteiger partial charge is 0.291 e. The zero-order valence-corrected chi connectivity index (χ0v) is 10.9. The van der Waals surface area contributed by atoms with Crippen LogP contribution < -0.4 is 16.0 Å². The Morgan fingerprint density at radius 2 is 2.10 bits per heavy atom. The van der Waals surface area contributed by atoms with Crippen molar-refractivity contribution < 1.29 is 4.74 Å². The molecule has 1 aromatic carbocycles. The van der Waals surface area contributed by atoms with Crippen LogP contribution in [0.15, 0.2) is 47.4 Å². The van der Waals surface area contributed by atoms with Gasteiger partial charge in [0.15, 0.2) is 5.75 Å². The Labute approximate surface area is 115 Å². The minimum absolute atomic E-state index is 0.238. The third-order valence-corrected chi connectivity index (χ3v) is 3.12. The molecule has 0 saturated carbocycles. The molecule has 3 rings (SSSR count). The van der Waals surface area contributed by atoms with E-state index in [1.165, 1.54) is 7.11 Å². The normalized spacial score (nSPS) is 10.7. The van der Waals surface area contributed by atoms with Gasteiger partial charge in [0.05, 0.1) is 18.4 Å². The quantitative estimate of drug-likeness (QED) is 0.697. The fourth-order valence-corrected chi connectivity index (χ4v) is 2.25. The summed E-state index contributed by atoms with van der Waals surface area (Å²) in [6, 6.07) is 10.8. The van der Waals surface area contributed by atoms with Gasteiger partial charge in [-0.1, -0.05) is 6.07 Å². The summed E-state index contributed by atoms with van der Waals surface area (Å²) in [5.41, 5.74) is 8.20. The van der Waals surface area contributed by atoms with Gasteiger partial charge in [0, 0.05) is 22.8 Å². The molecule has 0 saturated heterocycles. The maximum absolute atomic E-state index is 12.1. The van der Waals surface area contributed by atoms with E-state index in [1.807, 2.05) is 18.2 Å². The van der Waals surface area contributed by atoms with E-state index in [0.717, 1.165) is 5.39 Å². The minimum atomic E-state index is -0.287. The average molecular weight is 267 g/mol. The highest BCUT2D eigenvalue weighted by Crippen LogP contribution is 2.33. The van der Waals surface area contributed by atoms with E-state index in [1.54, 1.807) is 24.4 Å². The van der Waals surface area contributed by atoms with Crippen molar-refractivity contribution in [2.45, 2.75) is 0 Å². The molecule has 0 radical (unpaired) electrons. The zero-order chi connectivity index (χ0) is 14.1. The van der Waals surface area contributed by atoms with Crippen molar-refractivity contribution in [3.8, 4) is 17.0 Å². The lowest BCUT2D eigenvalue weighted by molar-refractivity contribution is 0.411. The summed E-state index contributed by atoms with van der Waals surface area (Å²) in [4.78, 5) is 19.2. The van der Waals surface area contributed by atoms with E-state index >= 15 is 0 Å². The van der Waals surface area contributed by atoms with E-state index in [4.69, 9.17) is 10.5 Å². The second-order valence-electron chi connectivity index (χ2n) is 4.38. The monoisotopic (exact) mass is 267 g/mol. The molecule has 0 aliphatic carbocycles. The number of H-pyrrole nitrogens is 1. The van der Waals surface area contributed by atoms with Crippen molar-refractivity contribution in [2.75, 3.05) is 12.8 Å². The molecule has 100 valence electrons. The van der Waals surface area contributed by atoms with Gasteiger partial charge in [0.2, 0.25) is 0 Å². The van der Waals surface area contributed by atoms with Crippen molar-refractivity contribution >= 4 is 16.6 Å². The first-order valence-electron chi connectivity index (χ1n) is 6.11. The summed E-state index contributed by atoms with van der Waals surface area (Å²) in [6.45, 7) is 0. The first kappa shape index (κ1) is 12.2. The molecule has 3 N–H and O–H groups in total. The fraction of sp³-hybridized carbons (Fsp3) is 0.0667. The highest BCUT2D eigenvalue weighted by Gasteiger charge is 2.16. The third-order valence-electron chi connectivity index (χ3n) is 3.12. The number of benzene rings is 1. The summed E-state index contributed by atoms with van der Waals surface area (Å²) >= 11 is 0. The molecule has 0 bridgehead atoms. The summed E-state index contributed by atoms with van der Waals surface area (Å²) in [5.74, 6) is 0.238. The molecular weight excluding hydrogens is 254 g/mol. The van der Waals surface area contributed by atoms with Gasteiger partial charge >= 0.3 is 0 Å². The molecule has 5 heteroatoms. The van der Waals surface area contributed by atoms with Crippen LogP contribution in [0.1, 0.15) is 0 Å². The van der Waals surface area contributed by atoms with Crippen LogP contribution in [0, 0.1) is 0 Å². The second kappa shape index (κ2) is 4.70. The number of hydrogen-bond donors (Lipinski definition) is 2. The van der Waals surface area contributed by atoms with E-state index in [2.05, 4.69) is 9.97 Å². The van der Waals surface area contributed by atoms with Gasteiger partial charge in [0.25, 0.3) is 5.56 Å². The van der Waals surface area contributed by atoms with Gasteiger partial charge in [-0.05, 0) is 30.3 Å². The van der Waals surface area contributed by atoms with Crippen molar-refractivity contribution in [2.24, 2.45) is 0 Å². The number of pyridine rings is 2. The number of nitrogens with one attached hydrogen (secondary N) is 1. The molecular formula is C15H13N3O2. The number of methoxy groups -OCH3 is 1. The predicted octanol–water partition coefficient (Wildman–Crippen LogP) is 2.18. The van der Waals surface area contributed by atoms with Crippen LogP contribution in [0.3, 0.4) is 0 Å². The van der Waals surface area contributed by atoms with Crippen LogP contribution in [-0.2, 0) is 0 Å². The standard InChI is InChI=1S/C15H13N3O2/c1-20-14-13(12-4-2-3-7-17-12)10-8-9(16)5-6-11(10)18-15(14)19/h2-8H,16H2,1H3,(H,18,19). The van der Waals surface area contributed by atoms with Crippen molar-refractivity contribution in [3.05, 3.63) is 52.9 Å². The number of nitrogens with two attached hydrogens (primary N) is 1. The molecule has 2 heterocycles. The minimum Gasteiger partial charge on any atom is -0.491 e.